The summed E-state index contributed by atoms with van der Waals surface area (Å²) in [5.74, 6) is -3.43. The zero-order valence-corrected chi connectivity index (χ0v) is 10.8. The number of benzene rings is 1. The fourth-order valence-corrected chi connectivity index (χ4v) is 2.19. The second kappa shape index (κ2) is 5.98. The minimum absolute atomic E-state index is 0.0519. The average molecular weight is 283 g/mol. The van der Waals surface area contributed by atoms with Crippen LogP contribution in [0.2, 0.25) is 0 Å². The summed E-state index contributed by atoms with van der Waals surface area (Å²) in [6.45, 7) is -0.354. The van der Waals surface area contributed by atoms with E-state index in [1.807, 2.05) is 0 Å². The third kappa shape index (κ3) is 3.31. The van der Waals surface area contributed by atoms with Gasteiger partial charge in [-0.3, -0.25) is 9.59 Å². The number of hydrogen-bond donors (Lipinski definition) is 1. The highest BCUT2D eigenvalue weighted by molar-refractivity contribution is 5.83. The zero-order valence-electron chi connectivity index (χ0n) is 10.8. The van der Waals surface area contributed by atoms with Crippen molar-refractivity contribution in [3.05, 3.63) is 35.4 Å². The Bertz CT molecular complexity index is 529. The van der Waals surface area contributed by atoms with Crippen LogP contribution in [0.5, 0.6) is 0 Å². The Morgan fingerprint density at radius 1 is 1.25 bits per heavy atom. The lowest BCUT2D eigenvalue weighted by Crippen LogP contribution is -2.47. The molecule has 2 rings (SSSR count). The summed E-state index contributed by atoms with van der Waals surface area (Å²) in [6, 6.07) is 3.20. The molecule has 0 spiro atoms. The minimum Gasteiger partial charge on any atom is -0.480 e. The number of carbonyl (C=O) groups is 2. The number of hydrogen-bond acceptors (Lipinski definition) is 2. The molecule has 1 aliphatic rings. The van der Waals surface area contributed by atoms with Gasteiger partial charge in [0.2, 0.25) is 5.91 Å². The third-order valence-corrected chi connectivity index (χ3v) is 3.48. The van der Waals surface area contributed by atoms with Gasteiger partial charge in [-0.1, -0.05) is 6.07 Å². The average Bonchev–Trinajstić information content (AvgIpc) is 2.30. The van der Waals surface area contributed by atoms with E-state index >= 15 is 0 Å². The van der Waals surface area contributed by atoms with E-state index < -0.39 is 17.6 Å². The topological polar surface area (TPSA) is 57.6 Å². The smallest absolute Gasteiger partial charge is 0.323 e. The van der Waals surface area contributed by atoms with E-state index in [1.165, 1.54) is 11.0 Å². The summed E-state index contributed by atoms with van der Waals surface area (Å²) in [6.07, 6.45) is 2.42. The van der Waals surface area contributed by atoms with Crippen molar-refractivity contribution in [2.24, 2.45) is 0 Å². The molecule has 1 N–H and O–H groups in total. The maximum Gasteiger partial charge on any atom is 0.323 e. The van der Waals surface area contributed by atoms with Crippen LogP contribution in [0.1, 0.15) is 24.8 Å². The van der Waals surface area contributed by atoms with Crippen LogP contribution in [0.4, 0.5) is 8.78 Å². The van der Waals surface area contributed by atoms with Crippen LogP contribution in [0.3, 0.4) is 0 Å². The van der Waals surface area contributed by atoms with Crippen LogP contribution in [-0.4, -0.2) is 34.5 Å². The number of carbonyl (C=O) groups excluding carboxylic acids is 1. The zero-order chi connectivity index (χ0) is 14.7. The van der Waals surface area contributed by atoms with Crippen molar-refractivity contribution in [2.45, 2.75) is 31.7 Å². The van der Waals surface area contributed by atoms with Gasteiger partial charge in [-0.15, -0.1) is 0 Å². The largest absolute Gasteiger partial charge is 0.480 e. The summed E-state index contributed by atoms with van der Waals surface area (Å²) in [5.41, 5.74) is 0.337. The van der Waals surface area contributed by atoms with Gasteiger partial charge in [-0.05, 0) is 37.0 Å². The van der Waals surface area contributed by atoms with E-state index in [0.717, 1.165) is 31.4 Å². The SMILES string of the molecule is O=C(O)CN(C(=O)Cc1ccc(F)c(F)c1)C1CCC1. The van der Waals surface area contributed by atoms with Gasteiger partial charge in [-0.2, -0.15) is 0 Å². The summed E-state index contributed by atoms with van der Waals surface area (Å²) < 4.78 is 25.9. The van der Waals surface area contributed by atoms with Gasteiger partial charge in [0.15, 0.2) is 11.6 Å². The Hall–Kier alpha value is -1.98. The van der Waals surface area contributed by atoms with Crippen molar-refractivity contribution in [1.82, 2.24) is 4.90 Å². The monoisotopic (exact) mass is 283 g/mol. The number of carboxylic acid groups (broad SMARTS) is 1. The quantitative estimate of drug-likeness (QED) is 0.899. The molecule has 1 saturated carbocycles. The highest BCUT2D eigenvalue weighted by Gasteiger charge is 2.30. The van der Waals surface area contributed by atoms with Crippen LogP contribution in [0.15, 0.2) is 18.2 Å². The Balaban J connectivity index is 2.06. The first-order valence-corrected chi connectivity index (χ1v) is 6.42. The molecule has 0 radical (unpaired) electrons. The standard InChI is InChI=1S/C14H15F2NO3/c15-11-5-4-9(6-12(11)16)7-13(18)17(8-14(19)20)10-2-1-3-10/h4-6,10H,1-3,7-8H2,(H,19,20). The van der Waals surface area contributed by atoms with E-state index in [2.05, 4.69) is 0 Å². The maximum absolute atomic E-state index is 13.1. The molecule has 1 fully saturated rings. The van der Waals surface area contributed by atoms with Gasteiger partial charge in [0.05, 0.1) is 6.42 Å². The second-order valence-corrected chi connectivity index (χ2v) is 4.93. The minimum atomic E-state index is -1.07. The molecular formula is C14H15F2NO3. The lowest BCUT2D eigenvalue weighted by molar-refractivity contribution is -0.147. The van der Waals surface area contributed by atoms with Crippen LogP contribution < -0.4 is 0 Å². The van der Waals surface area contributed by atoms with Gasteiger partial charge in [0, 0.05) is 6.04 Å². The van der Waals surface area contributed by atoms with Crippen molar-refractivity contribution < 1.29 is 23.5 Å². The highest BCUT2D eigenvalue weighted by Crippen LogP contribution is 2.25. The maximum atomic E-state index is 13.1. The number of aliphatic carboxylic acids is 1. The highest BCUT2D eigenvalue weighted by atomic mass is 19.2. The molecule has 0 aromatic heterocycles. The molecule has 0 atom stereocenters. The summed E-state index contributed by atoms with van der Waals surface area (Å²) in [5, 5.41) is 8.84. The van der Waals surface area contributed by atoms with Crippen LogP contribution in [0, 0.1) is 11.6 Å². The fraction of sp³-hybridized carbons (Fsp3) is 0.429. The Labute approximate surface area is 115 Å². The molecular weight excluding hydrogens is 268 g/mol. The molecule has 4 nitrogen and oxygen atoms in total. The van der Waals surface area contributed by atoms with Gasteiger partial charge in [0.1, 0.15) is 6.54 Å². The van der Waals surface area contributed by atoms with E-state index in [0.29, 0.717) is 5.56 Å². The first kappa shape index (κ1) is 14.4. The Kier molecular flexibility index (Phi) is 4.32. The number of carboxylic acids is 1. The van der Waals surface area contributed by atoms with E-state index in [4.69, 9.17) is 5.11 Å². The predicted octanol–water partition coefficient (Wildman–Crippen LogP) is 1.97. The lowest BCUT2D eigenvalue weighted by atomic mass is 9.91. The summed E-state index contributed by atoms with van der Waals surface area (Å²) >= 11 is 0. The van der Waals surface area contributed by atoms with E-state index in [-0.39, 0.29) is 24.9 Å². The number of halogens is 2. The number of rotatable bonds is 5. The third-order valence-electron chi connectivity index (χ3n) is 3.48. The fourth-order valence-electron chi connectivity index (χ4n) is 2.19. The molecule has 108 valence electrons. The predicted molar refractivity (Wildman–Crippen MR) is 67.0 cm³/mol. The molecule has 0 unspecified atom stereocenters. The van der Waals surface area contributed by atoms with Crippen molar-refractivity contribution in [2.75, 3.05) is 6.54 Å². The van der Waals surface area contributed by atoms with E-state index in [1.54, 1.807) is 0 Å². The first-order chi connectivity index (χ1) is 9.47. The van der Waals surface area contributed by atoms with Gasteiger partial charge >= 0.3 is 5.97 Å². The van der Waals surface area contributed by atoms with E-state index in [9.17, 15) is 18.4 Å². The summed E-state index contributed by atoms with van der Waals surface area (Å²) in [7, 11) is 0. The molecule has 1 aliphatic carbocycles. The van der Waals surface area contributed by atoms with Crippen molar-refractivity contribution in [3.8, 4) is 0 Å². The molecule has 1 amide bonds. The molecule has 1 aromatic carbocycles. The molecule has 0 saturated heterocycles. The van der Waals surface area contributed by atoms with Crippen molar-refractivity contribution in [3.63, 3.8) is 0 Å². The van der Waals surface area contributed by atoms with Gasteiger partial charge in [0.25, 0.3) is 0 Å². The number of amides is 1. The Morgan fingerprint density at radius 2 is 1.95 bits per heavy atom. The molecule has 6 heteroatoms. The van der Waals surface area contributed by atoms with Crippen molar-refractivity contribution in [1.29, 1.82) is 0 Å². The second-order valence-electron chi connectivity index (χ2n) is 4.93. The molecule has 1 aromatic rings. The van der Waals surface area contributed by atoms with Gasteiger partial charge in [-0.25, -0.2) is 8.78 Å². The van der Waals surface area contributed by atoms with Crippen LogP contribution in [0.25, 0.3) is 0 Å². The van der Waals surface area contributed by atoms with Crippen molar-refractivity contribution >= 4 is 11.9 Å². The molecule has 0 bridgehead atoms. The van der Waals surface area contributed by atoms with Crippen LogP contribution >= 0.6 is 0 Å². The normalized spacial score (nSPS) is 14.7. The lowest BCUT2D eigenvalue weighted by Gasteiger charge is -2.36. The molecule has 0 heterocycles. The molecule has 20 heavy (non-hydrogen) atoms. The van der Waals surface area contributed by atoms with Crippen LogP contribution in [-0.2, 0) is 16.0 Å². The number of nitrogens with zero attached hydrogens (tertiary/aromatic N) is 1. The Morgan fingerprint density at radius 3 is 2.45 bits per heavy atom. The summed E-state index contributed by atoms with van der Waals surface area (Å²) in [4.78, 5) is 24.2. The van der Waals surface area contributed by atoms with Gasteiger partial charge < -0.3 is 10.0 Å². The first-order valence-electron chi connectivity index (χ1n) is 6.42. The molecule has 0 aliphatic heterocycles.